The molecular formula is C14H28N2O. The minimum atomic E-state index is 0.426. The van der Waals surface area contributed by atoms with E-state index in [-0.39, 0.29) is 0 Å². The minimum Gasteiger partial charge on any atom is -0.374 e. The number of hydrogen-bond acceptors (Lipinski definition) is 3. The van der Waals surface area contributed by atoms with Gasteiger partial charge in [0.2, 0.25) is 0 Å². The maximum atomic E-state index is 5.92. The van der Waals surface area contributed by atoms with E-state index in [1.54, 1.807) is 0 Å². The summed E-state index contributed by atoms with van der Waals surface area (Å²) in [5.41, 5.74) is 0. The lowest BCUT2D eigenvalue weighted by atomic mass is 10.2. The van der Waals surface area contributed by atoms with E-state index in [0.29, 0.717) is 6.10 Å². The van der Waals surface area contributed by atoms with Crippen molar-refractivity contribution in [1.29, 1.82) is 0 Å². The van der Waals surface area contributed by atoms with Gasteiger partial charge >= 0.3 is 0 Å². The van der Waals surface area contributed by atoms with Crippen LogP contribution in [-0.2, 0) is 4.74 Å². The largest absolute Gasteiger partial charge is 0.374 e. The highest BCUT2D eigenvalue weighted by atomic mass is 16.5. The summed E-state index contributed by atoms with van der Waals surface area (Å²) < 4.78 is 5.92. The Bertz CT molecular complexity index is 210. The fourth-order valence-electron chi connectivity index (χ4n) is 2.95. The Hall–Kier alpha value is -0.120. The Balaban J connectivity index is 1.51. The number of morpholine rings is 1. The summed E-state index contributed by atoms with van der Waals surface area (Å²) in [5, 5.41) is 3.54. The van der Waals surface area contributed by atoms with E-state index in [9.17, 15) is 0 Å². The molecule has 0 amide bonds. The Kier molecular flexibility index (Phi) is 5.75. The van der Waals surface area contributed by atoms with Crippen LogP contribution in [0.4, 0.5) is 0 Å². The highest BCUT2D eigenvalue weighted by molar-refractivity contribution is 4.85. The monoisotopic (exact) mass is 240 g/mol. The summed E-state index contributed by atoms with van der Waals surface area (Å²) >= 11 is 0. The smallest absolute Gasteiger partial charge is 0.0826 e. The van der Waals surface area contributed by atoms with E-state index >= 15 is 0 Å². The van der Waals surface area contributed by atoms with Crippen LogP contribution in [0, 0.1) is 0 Å². The van der Waals surface area contributed by atoms with Crippen molar-refractivity contribution >= 4 is 0 Å². The van der Waals surface area contributed by atoms with Crippen molar-refractivity contribution in [1.82, 2.24) is 10.2 Å². The van der Waals surface area contributed by atoms with Gasteiger partial charge in [0.1, 0.15) is 0 Å². The number of rotatable bonds is 7. The number of hydrogen-bond donors (Lipinski definition) is 1. The molecule has 2 heterocycles. The molecule has 17 heavy (non-hydrogen) atoms. The molecule has 0 aromatic heterocycles. The molecule has 2 aliphatic heterocycles. The standard InChI is InChI=1S/C14H28N2O/c1-2-3-4-5-8-15-10-14-11-16-9-6-7-13(16)12-17-14/h13-15H,2-12H2,1H3. The molecule has 0 spiro atoms. The average Bonchev–Trinajstić information content (AvgIpc) is 2.81. The number of ether oxygens (including phenoxy) is 1. The first kappa shape index (κ1) is 13.3. The lowest BCUT2D eigenvalue weighted by molar-refractivity contribution is -0.0468. The van der Waals surface area contributed by atoms with Gasteiger partial charge in [0, 0.05) is 19.1 Å². The van der Waals surface area contributed by atoms with Gasteiger partial charge in [-0.1, -0.05) is 26.2 Å². The Morgan fingerprint density at radius 3 is 3.12 bits per heavy atom. The van der Waals surface area contributed by atoms with Crippen LogP contribution in [0.15, 0.2) is 0 Å². The molecule has 2 saturated heterocycles. The molecule has 2 unspecified atom stereocenters. The zero-order valence-corrected chi connectivity index (χ0v) is 11.3. The van der Waals surface area contributed by atoms with Gasteiger partial charge in [-0.2, -0.15) is 0 Å². The second-order valence-corrected chi connectivity index (χ2v) is 5.51. The number of fused-ring (bicyclic) bond motifs is 1. The maximum absolute atomic E-state index is 5.92. The first-order chi connectivity index (χ1) is 8.40. The van der Waals surface area contributed by atoms with Crippen LogP contribution >= 0.6 is 0 Å². The topological polar surface area (TPSA) is 24.5 Å². The van der Waals surface area contributed by atoms with Crippen molar-refractivity contribution in [3.05, 3.63) is 0 Å². The Morgan fingerprint density at radius 2 is 2.24 bits per heavy atom. The van der Waals surface area contributed by atoms with E-state index in [1.807, 2.05) is 0 Å². The fourth-order valence-corrected chi connectivity index (χ4v) is 2.95. The Labute approximate surface area is 106 Å². The second kappa shape index (κ2) is 7.34. The molecule has 0 saturated carbocycles. The van der Waals surface area contributed by atoms with E-state index < -0.39 is 0 Å². The van der Waals surface area contributed by atoms with Gasteiger partial charge in [-0.3, -0.25) is 4.90 Å². The van der Waals surface area contributed by atoms with Gasteiger partial charge in [0.05, 0.1) is 12.7 Å². The molecule has 100 valence electrons. The molecule has 0 bridgehead atoms. The van der Waals surface area contributed by atoms with Gasteiger partial charge in [-0.05, 0) is 32.4 Å². The molecule has 0 radical (unpaired) electrons. The van der Waals surface area contributed by atoms with E-state index in [4.69, 9.17) is 4.74 Å². The molecule has 1 N–H and O–H groups in total. The zero-order valence-electron chi connectivity index (χ0n) is 11.3. The summed E-state index contributed by atoms with van der Waals surface area (Å²) in [6.07, 6.45) is 8.51. The van der Waals surface area contributed by atoms with Crippen LogP contribution in [0.25, 0.3) is 0 Å². The minimum absolute atomic E-state index is 0.426. The third-order valence-electron chi connectivity index (χ3n) is 4.04. The number of nitrogens with one attached hydrogen (secondary N) is 1. The molecule has 3 heteroatoms. The molecule has 2 aliphatic rings. The van der Waals surface area contributed by atoms with Gasteiger partial charge in [-0.25, -0.2) is 0 Å². The molecule has 2 fully saturated rings. The van der Waals surface area contributed by atoms with Gasteiger partial charge in [0.25, 0.3) is 0 Å². The fraction of sp³-hybridized carbons (Fsp3) is 1.00. The summed E-state index contributed by atoms with van der Waals surface area (Å²) in [5.74, 6) is 0. The summed E-state index contributed by atoms with van der Waals surface area (Å²) in [6, 6.07) is 0.732. The van der Waals surface area contributed by atoms with Crippen molar-refractivity contribution in [3.63, 3.8) is 0 Å². The second-order valence-electron chi connectivity index (χ2n) is 5.51. The Morgan fingerprint density at radius 1 is 1.29 bits per heavy atom. The van der Waals surface area contributed by atoms with Crippen LogP contribution in [0.2, 0.25) is 0 Å². The van der Waals surface area contributed by atoms with E-state index in [0.717, 1.165) is 32.3 Å². The third-order valence-corrected chi connectivity index (χ3v) is 4.04. The van der Waals surface area contributed by atoms with Crippen molar-refractivity contribution in [2.24, 2.45) is 0 Å². The molecular weight excluding hydrogens is 212 g/mol. The van der Waals surface area contributed by atoms with Gasteiger partial charge in [0.15, 0.2) is 0 Å². The summed E-state index contributed by atoms with van der Waals surface area (Å²) in [6.45, 7) is 7.85. The third kappa shape index (κ3) is 4.23. The number of unbranched alkanes of at least 4 members (excludes halogenated alkanes) is 3. The van der Waals surface area contributed by atoms with Crippen molar-refractivity contribution < 1.29 is 4.74 Å². The highest BCUT2D eigenvalue weighted by Gasteiger charge is 2.31. The first-order valence-corrected chi connectivity index (χ1v) is 7.46. The van der Waals surface area contributed by atoms with Crippen LogP contribution in [0.3, 0.4) is 0 Å². The van der Waals surface area contributed by atoms with Crippen LogP contribution < -0.4 is 5.32 Å². The lowest BCUT2D eigenvalue weighted by Crippen LogP contribution is -2.49. The van der Waals surface area contributed by atoms with Crippen molar-refractivity contribution in [3.8, 4) is 0 Å². The first-order valence-electron chi connectivity index (χ1n) is 7.46. The van der Waals surface area contributed by atoms with Crippen LogP contribution in [-0.4, -0.2) is 49.8 Å². The van der Waals surface area contributed by atoms with Crippen LogP contribution in [0.1, 0.15) is 45.4 Å². The maximum Gasteiger partial charge on any atom is 0.0826 e. The molecule has 2 rings (SSSR count). The zero-order chi connectivity index (χ0) is 11.9. The van der Waals surface area contributed by atoms with Crippen molar-refractivity contribution in [2.45, 2.75) is 57.6 Å². The normalized spacial score (nSPS) is 29.5. The quantitative estimate of drug-likeness (QED) is 0.689. The summed E-state index contributed by atoms with van der Waals surface area (Å²) in [4.78, 5) is 2.62. The van der Waals surface area contributed by atoms with Gasteiger partial charge in [-0.15, -0.1) is 0 Å². The van der Waals surface area contributed by atoms with E-state index in [2.05, 4.69) is 17.1 Å². The highest BCUT2D eigenvalue weighted by Crippen LogP contribution is 2.22. The summed E-state index contributed by atoms with van der Waals surface area (Å²) in [7, 11) is 0. The molecule has 2 atom stereocenters. The predicted molar refractivity (Wildman–Crippen MR) is 71.3 cm³/mol. The van der Waals surface area contributed by atoms with E-state index in [1.165, 1.54) is 45.1 Å². The average molecular weight is 240 g/mol. The van der Waals surface area contributed by atoms with Crippen LogP contribution in [0.5, 0.6) is 0 Å². The predicted octanol–water partition coefficient (Wildman–Crippen LogP) is 2.02. The molecule has 0 aliphatic carbocycles. The lowest BCUT2D eigenvalue weighted by Gasteiger charge is -2.35. The molecule has 0 aromatic carbocycles. The molecule has 3 nitrogen and oxygen atoms in total. The SMILES string of the molecule is CCCCCCNCC1CN2CCCC2CO1. The molecule has 0 aromatic rings. The number of nitrogens with zero attached hydrogens (tertiary/aromatic N) is 1. The van der Waals surface area contributed by atoms with Crippen molar-refractivity contribution in [2.75, 3.05) is 32.8 Å². The van der Waals surface area contributed by atoms with Gasteiger partial charge < -0.3 is 10.1 Å².